The van der Waals surface area contributed by atoms with Gasteiger partial charge in [0.15, 0.2) is 17.5 Å². The predicted octanol–water partition coefficient (Wildman–Crippen LogP) is 5.12. The first-order valence-electron chi connectivity index (χ1n) is 8.09. The maximum Gasteiger partial charge on any atom is 0.416 e. The van der Waals surface area contributed by atoms with Crippen molar-refractivity contribution in [2.24, 2.45) is 10.9 Å². The Morgan fingerprint density at radius 1 is 0.862 bits per heavy atom. The average Bonchev–Trinajstić information content (AvgIpc) is 2.68. The normalized spacial score (nSPS) is 12.2. The molecule has 0 atom stereocenters. The molecular formula is C20H13F5N2O2. The van der Waals surface area contributed by atoms with E-state index >= 15 is 0 Å². The maximum absolute atomic E-state index is 13.8. The van der Waals surface area contributed by atoms with Gasteiger partial charge in [-0.1, -0.05) is 23.4 Å². The van der Waals surface area contributed by atoms with Crippen LogP contribution in [0.3, 0.4) is 0 Å². The third-order valence-corrected chi connectivity index (χ3v) is 4.24. The first kappa shape index (κ1) is 20.1. The molecule has 0 amide bonds. The van der Waals surface area contributed by atoms with Crippen LogP contribution in [0.2, 0.25) is 0 Å². The van der Waals surface area contributed by atoms with Crippen molar-refractivity contribution in [2.45, 2.75) is 6.18 Å². The van der Waals surface area contributed by atoms with Gasteiger partial charge in [0.05, 0.1) is 5.56 Å². The number of nitrogens with two attached hydrogens (primary N) is 1. The number of oxime groups is 1. The molecule has 29 heavy (non-hydrogen) atoms. The molecule has 0 spiro atoms. The summed E-state index contributed by atoms with van der Waals surface area (Å²) in [6, 6.07) is 9.48. The minimum Gasteiger partial charge on any atom is -0.508 e. The molecular weight excluding hydrogens is 395 g/mol. The Labute approximate surface area is 161 Å². The van der Waals surface area contributed by atoms with E-state index in [1.807, 2.05) is 0 Å². The Morgan fingerprint density at radius 2 is 1.48 bits per heavy atom. The van der Waals surface area contributed by atoms with Crippen molar-refractivity contribution in [3.05, 3.63) is 77.4 Å². The van der Waals surface area contributed by atoms with Gasteiger partial charge in [-0.3, -0.25) is 0 Å². The van der Waals surface area contributed by atoms with Gasteiger partial charge in [0, 0.05) is 11.1 Å². The zero-order valence-corrected chi connectivity index (χ0v) is 14.5. The summed E-state index contributed by atoms with van der Waals surface area (Å²) < 4.78 is 67.6. The van der Waals surface area contributed by atoms with Gasteiger partial charge in [-0.25, -0.2) is 8.78 Å². The number of phenols is 1. The van der Waals surface area contributed by atoms with E-state index in [1.54, 1.807) is 0 Å². The minimum atomic E-state index is -4.76. The fourth-order valence-corrected chi connectivity index (χ4v) is 2.89. The van der Waals surface area contributed by atoms with Crippen molar-refractivity contribution in [3.8, 4) is 28.0 Å². The number of benzene rings is 3. The smallest absolute Gasteiger partial charge is 0.416 e. The topological polar surface area (TPSA) is 78.8 Å². The highest BCUT2D eigenvalue weighted by molar-refractivity contribution is 6.07. The number of alkyl halides is 3. The van der Waals surface area contributed by atoms with Crippen LogP contribution in [0.4, 0.5) is 22.0 Å². The van der Waals surface area contributed by atoms with Crippen molar-refractivity contribution in [1.82, 2.24) is 0 Å². The molecule has 3 aromatic carbocycles. The molecule has 0 radical (unpaired) electrons. The van der Waals surface area contributed by atoms with Gasteiger partial charge in [-0.15, -0.1) is 0 Å². The van der Waals surface area contributed by atoms with E-state index in [1.165, 1.54) is 30.3 Å². The molecule has 150 valence electrons. The van der Waals surface area contributed by atoms with Crippen LogP contribution in [-0.4, -0.2) is 16.1 Å². The number of nitrogens with zero attached hydrogens (tertiary/aromatic N) is 1. The number of amidine groups is 1. The van der Waals surface area contributed by atoms with Crippen molar-refractivity contribution >= 4 is 5.84 Å². The minimum absolute atomic E-state index is 0.00195. The number of hydrogen-bond acceptors (Lipinski definition) is 3. The Kier molecular flexibility index (Phi) is 5.15. The van der Waals surface area contributed by atoms with Crippen LogP contribution in [0.25, 0.3) is 22.3 Å². The van der Waals surface area contributed by atoms with Gasteiger partial charge < -0.3 is 16.0 Å². The Balaban J connectivity index is 2.44. The molecule has 0 saturated heterocycles. The summed E-state index contributed by atoms with van der Waals surface area (Å²) >= 11 is 0. The lowest BCUT2D eigenvalue weighted by Crippen LogP contribution is -2.17. The van der Waals surface area contributed by atoms with Crippen LogP contribution in [0.15, 0.2) is 59.8 Å². The van der Waals surface area contributed by atoms with Gasteiger partial charge in [0.25, 0.3) is 0 Å². The molecule has 0 aromatic heterocycles. The summed E-state index contributed by atoms with van der Waals surface area (Å²) in [5, 5.41) is 21.3. The SMILES string of the molecule is NC(=NO)c1cc(C(F)(F)F)cc(-c2ccc(O)cc2)c1-c1ccc(F)c(F)c1. The quantitative estimate of drug-likeness (QED) is 0.185. The number of phenolic OH excluding ortho intramolecular Hbond substituents is 1. The third kappa shape index (κ3) is 3.98. The second-order valence-electron chi connectivity index (χ2n) is 6.11. The van der Waals surface area contributed by atoms with E-state index in [-0.39, 0.29) is 33.6 Å². The summed E-state index contributed by atoms with van der Waals surface area (Å²) in [6.45, 7) is 0. The molecule has 4 nitrogen and oxygen atoms in total. The largest absolute Gasteiger partial charge is 0.508 e. The maximum atomic E-state index is 13.8. The van der Waals surface area contributed by atoms with Gasteiger partial charge in [-0.2, -0.15) is 13.2 Å². The number of rotatable bonds is 3. The van der Waals surface area contributed by atoms with Crippen molar-refractivity contribution in [1.29, 1.82) is 0 Å². The third-order valence-electron chi connectivity index (χ3n) is 4.24. The van der Waals surface area contributed by atoms with Crippen LogP contribution in [0, 0.1) is 11.6 Å². The molecule has 0 unspecified atom stereocenters. The van der Waals surface area contributed by atoms with E-state index in [0.717, 1.165) is 18.2 Å². The number of halogens is 5. The summed E-state index contributed by atoms with van der Waals surface area (Å²) in [7, 11) is 0. The fraction of sp³-hybridized carbons (Fsp3) is 0.0500. The van der Waals surface area contributed by atoms with Crippen LogP contribution in [0.1, 0.15) is 11.1 Å². The molecule has 0 aliphatic carbocycles. The van der Waals surface area contributed by atoms with E-state index in [4.69, 9.17) is 10.9 Å². The summed E-state index contributed by atoms with van der Waals surface area (Å²) in [5.41, 5.74) is 4.41. The number of hydrogen-bond donors (Lipinski definition) is 3. The predicted molar refractivity (Wildman–Crippen MR) is 96.4 cm³/mol. The molecule has 9 heteroatoms. The molecule has 0 aliphatic rings. The van der Waals surface area contributed by atoms with Gasteiger partial charge in [0.1, 0.15) is 5.75 Å². The Morgan fingerprint density at radius 3 is 2.03 bits per heavy atom. The average molecular weight is 408 g/mol. The lowest BCUT2D eigenvalue weighted by molar-refractivity contribution is -0.137. The van der Waals surface area contributed by atoms with E-state index in [9.17, 15) is 27.1 Å². The van der Waals surface area contributed by atoms with Crippen molar-refractivity contribution in [2.75, 3.05) is 0 Å². The Hall–Kier alpha value is -3.62. The Bertz CT molecular complexity index is 1090. The monoisotopic (exact) mass is 408 g/mol. The highest BCUT2D eigenvalue weighted by Crippen LogP contribution is 2.41. The zero-order chi connectivity index (χ0) is 21.3. The molecule has 0 saturated carbocycles. The van der Waals surface area contributed by atoms with Crippen molar-refractivity contribution in [3.63, 3.8) is 0 Å². The first-order chi connectivity index (χ1) is 13.6. The van der Waals surface area contributed by atoms with Gasteiger partial charge >= 0.3 is 6.18 Å². The number of aromatic hydroxyl groups is 1. The second-order valence-corrected chi connectivity index (χ2v) is 6.11. The molecule has 3 aromatic rings. The second kappa shape index (κ2) is 7.42. The molecule has 0 bridgehead atoms. The molecule has 4 N–H and O–H groups in total. The lowest BCUT2D eigenvalue weighted by Gasteiger charge is -2.19. The van der Waals surface area contributed by atoms with Crippen LogP contribution >= 0.6 is 0 Å². The zero-order valence-electron chi connectivity index (χ0n) is 14.5. The van der Waals surface area contributed by atoms with Crippen LogP contribution < -0.4 is 5.73 Å². The lowest BCUT2D eigenvalue weighted by atomic mass is 9.88. The van der Waals surface area contributed by atoms with E-state index in [2.05, 4.69) is 5.16 Å². The van der Waals surface area contributed by atoms with Gasteiger partial charge in [0.2, 0.25) is 0 Å². The van der Waals surface area contributed by atoms with E-state index in [0.29, 0.717) is 6.07 Å². The van der Waals surface area contributed by atoms with Crippen molar-refractivity contribution < 1.29 is 32.3 Å². The van der Waals surface area contributed by atoms with Gasteiger partial charge in [-0.05, 0) is 53.1 Å². The summed E-state index contributed by atoms with van der Waals surface area (Å²) in [5.74, 6) is -3.12. The van der Waals surface area contributed by atoms with E-state index < -0.39 is 29.2 Å². The fourth-order valence-electron chi connectivity index (χ4n) is 2.89. The van der Waals surface area contributed by atoms with Crippen LogP contribution in [-0.2, 0) is 6.18 Å². The van der Waals surface area contributed by atoms with Crippen LogP contribution in [0.5, 0.6) is 5.75 Å². The summed E-state index contributed by atoms with van der Waals surface area (Å²) in [6.07, 6.45) is -4.76. The molecule has 0 heterocycles. The standard InChI is InChI=1S/C20H13F5N2O2/c21-16-6-3-11(7-17(16)22)18-14(10-1-4-13(28)5-2-10)8-12(20(23,24)25)9-15(18)19(26)27-29/h1-9,28-29H,(H2,26,27). The first-order valence-corrected chi connectivity index (χ1v) is 8.09. The highest BCUT2D eigenvalue weighted by atomic mass is 19.4. The molecule has 3 rings (SSSR count). The molecule has 0 fully saturated rings. The molecule has 0 aliphatic heterocycles. The highest BCUT2D eigenvalue weighted by Gasteiger charge is 2.33. The summed E-state index contributed by atoms with van der Waals surface area (Å²) in [4.78, 5) is 0.